The van der Waals surface area contributed by atoms with Gasteiger partial charge in [0.1, 0.15) is 6.10 Å². The Morgan fingerprint density at radius 1 is 1.35 bits per heavy atom. The molecule has 2 N–H and O–H groups in total. The molecule has 1 rings (SSSR count). The van der Waals surface area contributed by atoms with Crippen LogP contribution in [0.4, 0.5) is 0 Å². The van der Waals surface area contributed by atoms with Crippen LogP contribution in [0, 0.1) is 0 Å². The molecule has 0 aliphatic carbocycles. The van der Waals surface area contributed by atoms with Crippen molar-refractivity contribution in [3.05, 3.63) is 29.8 Å². The number of rotatable bonds is 5. The topological polar surface area (TPSA) is 74.6 Å². The van der Waals surface area contributed by atoms with Crippen LogP contribution in [0.25, 0.3) is 0 Å². The molecule has 2 unspecified atom stereocenters. The fraction of sp³-hybridized carbons (Fsp3) is 0.455. The van der Waals surface area contributed by atoms with E-state index in [0.717, 1.165) is 6.26 Å². The van der Waals surface area contributed by atoms with Crippen LogP contribution in [0.5, 0.6) is 0 Å². The summed E-state index contributed by atoms with van der Waals surface area (Å²) in [5.41, 5.74) is 0.366. The van der Waals surface area contributed by atoms with Crippen LogP contribution in [0.1, 0.15) is 18.1 Å². The van der Waals surface area contributed by atoms with Crippen LogP contribution in [-0.2, 0) is 9.84 Å². The molecule has 0 aliphatic rings. The van der Waals surface area contributed by atoms with Gasteiger partial charge in [0.05, 0.1) is 11.0 Å². The molecule has 0 aromatic heterocycles. The lowest BCUT2D eigenvalue weighted by Crippen LogP contribution is -2.18. The third kappa shape index (κ3) is 3.96. The van der Waals surface area contributed by atoms with Crippen LogP contribution < -0.4 is 0 Å². The minimum atomic E-state index is -3.32. The maximum atomic E-state index is 11.3. The van der Waals surface area contributed by atoms with Gasteiger partial charge in [0, 0.05) is 12.1 Å². The summed E-state index contributed by atoms with van der Waals surface area (Å²) in [6, 6.07) is 5.90. The van der Waals surface area contributed by atoms with Gasteiger partial charge in [-0.2, -0.15) is 0 Å². The summed E-state index contributed by atoms with van der Waals surface area (Å²) in [4.78, 5) is 0.118. The Kier molecular flexibility index (Phi) is 4.94. The molecule has 2 atom stereocenters. The van der Waals surface area contributed by atoms with Crippen molar-refractivity contribution in [2.24, 2.45) is 0 Å². The zero-order valence-corrected chi connectivity index (χ0v) is 10.9. The first-order chi connectivity index (χ1) is 7.86. The average molecular weight is 279 g/mol. The molecule has 0 spiro atoms. The summed E-state index contributed by atoms with van der Waals surface area (Å²) in [5, 5.41) is 19.4. The monoisotopic (exact) mass is 278 g/mol. The van der Waals surface area contributed by atoms with Crippen molar-refractivity contribution >= 4 is 21.4 Å². The van der Waals surface area contributed by atoms with Crippen molar-refractivity contribution in [3.63, 3.8) is 0 Å². The summed E-state index contributed by atoms with van der Waals surface area (Å²) < 4.78 is 22.7. The number of hydrogen-bond acceptors (Lipinski definition) is 4. The largest absolute Gasteiger partial charge is 0.390 e. The lowest BCUT2D eigenvalue weighted by atomic mass is 10.0. The van der Waals surface area contributed by atoms with Gasteiger partial charge in [0.15, 0.2) is 9.84 Å². The molecular formula is C11H15ClO4S. The van der Waals surface area contributed by atoms with E-state index in [-0.39, 0.29) is 17.2 Å². The predicted molar refractivity (Wildman–Crippen MR) is 65.9 cm³/mol. The average Bonchev–Trinajstić information content (AvgIpc) is 2.27. The molecule has 0 saturated carbocycles. The number of aliphatic hydroxyl groups is 2. The molecule has 0 aliphatic heterocycles. The first-order valence-electron chi connectivity index (χ1n) is 5.08. The van der Waals surface area contributed by atoms with Crippen molar-refractivity contribution in [1.82, 2.24) is 0 Å². The maximum absolute atomic E-state index is 11.3. The van der Waals surface area contributed by atoms with Crippen LogP contribution in [0.15, 0.2) is 29.2 Å². The number of alkyl halides is 1. The van der Waals surface area contributed by atoms with E-state index in [0.29, 0.717) is 5.56 Å². The highest BCUT2D eigenvalue weighted by atomic mass is 35.5. The second-order valence-electron chi connectivity index (χ2n) is 3.83. The van der Waals surface area contributed by atoms with Gasteiger partial charge in [-0.15, -0.1) is 11.6 Å². The fourth-order valence-electron chi connectivity index (χ4n) is 1.42. The molecule has 1 aromatic rings. The van der Waals surface area contributed by atoms with Crippen LogP contribution in [0.3, 0.4) is 0 Å². The van der Waals surface area contributed by atoms with Gasteiger partial charge in [0.25, 0.3) is 0 Å². The van der Waals surface area contributed by atoms with Crippen molar-refractivity contribution in [1.29, 1.82) is 0 Å². The molecule has 0 amide bonds. The van der Waals surface area contributed by atoms with Gasteiger partial charge in [-0.25, -0.2) is 8.42 Å². The molecular weight excluding hydrogens is 264 g/mol. The normalized spacial score (nSPS) is 15.5. The SMILES string of the molecule is CS(=O)(=O)c1cccc(C(O)C(O)CCCl)c1. The molecule has 17 heavy (non-hydrogen) atoms. The molecule has 1 aromatic carbocycles. The third-order valence-corrected chi connectivity index (χ3v) is 3.73. The van der Waals surface area contributed by atoms with Crippen molar-refractivity contribution in [2.75, 3.05) is 12.1 Å². The number of sulfone groups is 1. The maximum Gasteiger partial charge on any atom is 0.175 e. The minimum Gasteiger partial charge on any atom is -0.390 e. The van der Waals surface area contributed by atoms with E-state index in [2.05, 4.69) is 0 Å². The summed E-state index contributed by atoms with van der Waals surface area (Å²) in [6.07, 6.45) is -0.794. The summed E-state index contributed by atoms with van der Waals surface area (Å²) in [6.45, 7) is 0. The Balaban J connectivity index is 3.00. The lowest BCUT2D eigenvalue weighted by Gasteiger charge is -2.17. The predicted octanol–water partition coefficient (Wildman–Crippen LogP) is 1.11. The second kappa shape index (κ2) is 5.82. The van der Waals surface area contributed by atoms with Gasteiger partial charge in [0.2, 0.25) is 0 Å². The quantitative estimate of drug-likeness (QED) is 0.792. The van der Waals surface area contributed by atoms with Crippen molar-refractivity contribution in [3.8, 4) is 0 Å². The molecule has 0 bridgehead atoms. The Bertz CT molecular complexity index is 472. The van der Waals surface area contributed by atoms with Gasteiger partial charge >= 0.3 is 0 Å². The molecule has 4 nitrogen and oxygen atoms in total. The van der Waals surface area contributed by atoms with Crippen LogP contribution >= 0.6 is 11.6 Å². The van der Waals surface area contributed by atoms with Gasteiger partial charge < -0.3 is 10.2 Å². The lowest BCUT2D eigenvalue weighted by molar-refractivity contribution is 0.0169. The standard InChI is InChI=1S/C11H15ClO4S/c1-17(15,16)9-4-2-3-8(7-9)11(14)10(13)5-6-12/h2-4,7,10-11,13-14H,5-6H2,1H3. The Morgan fingerprint density at radius 3 is 2.53 bits per heavy atom. The minimum absolute atomic E-state index is 0.118. The number of benzene rings is 1. The van der Waals surface area contributed by atoms with Crippen molar-refractivity contribution < 1.29 is 18.6 Å². The molecule has 6 heteroatoms. The molecule has 96 valence electrons. The van der Waals surface area contributed by atoms with E-state index in [4.69, 9.17) is 11.6 Å². The second-order valence-corrected chi connectivity index (χ2v) is 6.23. The van der Waals surface area contributed by atoms with Crippen LogP contribution in [0.2, 0.25) is 0 Å². The summed E-state index contributed by atoms with van der Waals surface area (Å²) >= 11 is 5.46. The first kappa shape index (κ1) is 14.4. The zero-order chi connectivity index (χ0) is 13.1. The first-order valence-corrected chi connectivity index (χ1v) is 7.51. The van der Waals surface area contributed by atoms with Gasteiger partial charge in [-0.05, 0) is 24.1 Å². The third-order valence-electron chi connectivity index (χ3n) is 2.40. The fourth-order valence-corrected chi connectivity index (χ4v) is 2.32. The number of hydrogen-bond donors (Lipinski definition) is 2. The van der Waals surface area contributed by atoms with Gasteiger partial charge in [-0.3, -0.25) is 0 Å². The molecule has 0 saturated heterocycles. The number of halogens is 1. The Labute approximate surface area is 106 Å². The van der Waals surface area contributed by atoms with Gasteiger partial charge in [-0.1, -0.05) is 12.1 Å². The van der Waals surface area contributed by atoms with Crippen molar-refractivity contribution in [2.45, 2.75) is 23.5 Å². The van der Waals surface area contributed by atoms with E-state index >= 15 is 0 Å². The molecule has 0 radical (unpaired) electrons. The zero-order valence-electron chi connectivity index (χ0n) is 9.38. The number of aliphatic hydroxyl groups excluding tert-OH is 2. The highest BCUT2D eigenvalue weighted by Crippen LogP contribution is 2.22. The highest BCUT2D eigenvalue weighted by molar-refractivity contribution is 7.90. The summed E-state index contributed by atoms with van der Waals surface area (Å²) in [7, 11) is -3.32. The smallest absolute Gasteiger partial charge is 0.175 e. The van der Waals surface area contributed by atoms with E-state index < -0.39 is 22.0 Å². The summed E-state index contributed by atoms with van der Waals surface area (Å²) in [5.74, 6) is 0.226. The molecule has 0 heterocycles. The Hall–Kier alpha value is -0.620. The van der Waals surface area contributed by atoms with E-state index in [1.807, 2.05) is 0 Å². The van der Waals surface area contributed by atoms with E-state index in [1.54, 1.807) is 6.07 Å². The van der Waals surface area contributed by atoms with Crippen LogP contribution in [-0.4, -0.2) is 36.9 Å². The van der Waals surface area contributed by atoms with E-state index in [1.165, 1.54) is 18.2 Å². The Morgan fingerprint density at radius 2 is 2.00 bits per heavy atom. The molecule has 0 fully saturated rings. The highest BCUT2D eigenvalue weighted by Gasteiger charge is 2.19. The van der Waals surface area contributed by atoms with E-state index in [9.17, 15) is 18.6 Å².